The molecule has 0 atom stereocenters. The van der Waals surface area contributed by atoms with Crippen molar-refractivity contribution in [2.45, 2.75) is 0 Å². The monoisotopic (exact) mass is 309 g/mol. The van der Waals surface area contributed by atoms with Crippen LogP contribution < -0.4 is 5.32 Å². The Balaban J connectivity index is 2.01. The molecule has 3 N–H and O–H groups in total. The molecule has 0 saturated carbocycles. The molecule has 6 heteroatoms. The van der Waals surface area contributed by atoms with Crippen LogP contribution >= 0.6 is 0 Å². The highest BCUT2D eigenvalue weighted by Crippen LogP contribution is 2.26. The molecule has 23 heavy (non-hydrogen) atoms. The third kappa shape index (κ3) is 2.57. The Morgan fingerprint density at radius 1 is 1.00 bits per heavy atom. The zero-order chi connectivity index (χ0) is 16.6. The fourth-order valence-corrected chi connectivity index (χ4v) is 2.37. The number of aromatic hydroxyl groups is 1. The number of carbonyl (C=O) groups excluding carboxylic acids is 2. The summed E-state index contributed by atoms with van der Waals surface area (Å²) in [6.45, 7) is 0. The number of hydrogen-bond donors (Lipinski definition) is 3. The standard InChI is InChI=1S/C17H11NO5/c19-9-5-6-13(12(7-9)17(22)23)18-14-8-15(20)10-3-1-2-4-11(10)16(14)21/h1-8,18-19H,(H,22,23). The molecule has 2 aromatic carbocycles. The molecule has 0 saturated heterocycles. The highest BCUT2D eigenvalue weighted by atomic mass is 16.4. The minimum atomic E-state index is -1.26. The molecule has 1 aliphatic rings. The number of anilines is 1. The number of phenols is 1. The molecular weight excluding hydrogens is 298 g/mol. The molecule has 0 fully saturated rings. The second kappa shape index (κ2) is 5.42. The molecule has 2 aromatic rings. The van der Waals surface area contributed by atoms with Gasteiger partial charge in [-0.15, -0.1) is 0 Å². The number of carbonyl (C=O) groups is 3. The van der Waals surface area contributed by atoms with E-state index in [0.29, 0.717) is 5.56 Å². The third-order valence-electron chi connectivity index (χ3n) is 3.46. The van der Waals surface area contributed by atoms with Crippen molar-refractivity contribution in [1.29, 1.82) is 0 Å². The van der Waals surface area contributed by atoms with Crippen LogP contribution in [-0.4, -0.2) is 27.7 Å². The van der Waals surface area contributed by atoms with Crippen molar-refractivity contribution in [2.24, 2.45) is 0 Å². The summed E-state index contributed by atoms with van der Waals surface area (Å²) in [5.41, 5.74) is 0.472. The molecular formula is C17H11NO5. The van der Waals surface area contributed by atoms with Gasteiger partial charge in [0, 0.05) is 17.2 Å². The molecule has 0 bridgehead atoms. The smallest absolute Gasteiger partial charge is 0.337 e. The quantitative estimate of drug-likeness (QED) is 0.752. The summed E-state index contributed by atoms with van der Waals surface area (Å²) in [5, 5.41) is 21.2. The maximum absolute atomic E-state index is 12.4. The number of carboxylic acids is 1. The molecule has 0 spiro atoms. The van der Waals surface area contributed by atoms with Gasteiger partial charge in [0.05, 0.1) is 16.9 Å². The van der Waals surface area contributed by atoms with E-state index in [1.807, 2.05) is 0 Å². The van der Waals surface area contributed by atoms with E-state index in [9.17, 15) is 24.6 Å². The maximum atomic E-state index is 12.4. The van der Waals surface area contributed by atoms with Gasteiger partial charge in [0.1, 0.15) is 5.75 Å². The zero-order valence-electron chi connectivity index (χ0n) is 11.7. The van der Waals surface area contributed by atoms with Gasteiger partial charge in [-0.2, -0.15) is 0 Å². The first-order valence-electron chi connectivity index (χ1n) is 6.70. The second-order valence-electron chi connectivity index (χ2n) is 4.96. The van der Waals surface area contributed by atoms with E-state index < -0.39 is 11.8 Å². The van der Waals surface area contributed by atoms with Crippen LogP contribution in [0.25, 0.3) is 0 Å². The number of hydrogen-bond acceptors (Lipinski definition) is 5. The van der Waals surface area contributed by atoms with E-state index in [4.69, 9.17) is 0 Å². The zero-order valence-corrected chi connectivity index (χ0v) is 11.7. The largest absolute Gasteiger partial charge is 0.508 e. The Labute approximate surface area is 130 Å². The molecule has 0 aliphatic heterocycles. The Hall–Kier alpha value is -3.41. The van der Waals surface area contributed by atoms with Crippen LogP contribution in [0.15, 0.2) is 54.2 Å². The number of Topliss-reactive ketones (excluding diaryl/α,β-unsaturated/α-hetero) is 1. The minimum Gasteiger partial charge on any atom is -0.508 e. The summed E-state index contributed by atoms with van der Waals surface area (Å²) in [7, 11) is 0. The van der Waals surface area contributed by atoms with Crippen molar-refractivity contribution in [2.75, 3.05) is 5.32 Å². The molecule has 6 nitrogen and oxygen atoms in total. The van der Waals surface area contributed by atoms with E-state index in [1.165, 1.54) is 12.1 Å². The second-order valence-corrected chi connectivity index (χ2v) is 4.96. The number of carboxylic acid groups (broad SMARTS) is 1. The molecule has 1 aliphatic carbocycles. The fraction of sp³-hybridized carbons (Fsp3) is 0. The van der Waals surface area contributed by atoms with Crippen LogP contribution in [-0.2, 0) is 0 Å². The lowest BCUT2D eigenvalue weighted by Gasteiger charge is -2.17. The maximum Gasteiger partial charge on any atom is 0.337 e. The topological polar surface area (TPSA) is 104 Å². The molecule has 0 aromatic heterocycles. The molecule has 114 valence electrons. The van der Waals surface area contributed by atoms with Crippen LogP contribution in [0.2, 0.25) is 0 Å². The van der Waals surface area contributed by atoms with Crippen LogP contribution in [0.4, 0.5) is 5.69 Å². The summed E-state index contributed by atoms with van der Waals surface area (Å²) in [4.78, 5) is 35.8. The van der Waals surface area contributed by atoms with Crippen molar-refractivity contribution in [3.8, 4) is 5.75 Å². The molecule has 0 unspecified atom stereocenters. The fourth-order valence-electron chi connectivity index (χ4n) is 2.37. The predicted molar refractivity (Wildman–Crippen MR) is 81.9 cm³/mol. The lowest BCUT2D eigenvalue weighted by Crippen LogP contribution is -2.22. The highest BCUT2D eigenvalue weighted by Gasteiger charge is 2.26. The summed E-state index contributed by atoms with van der Waals surface area (Å²) in [6, 6.07) is 10.1. The molecule has 0 amide bonds. The Bertz CT molecular complexity index is 882. The average Bonchev–Trinajstić information content (AvgIpc) is 2.53. The van der Waals surface area contributed by atoms with Gasteiger partial charge in [0.2, 0.25) is 5.78 Å². The first kappa shape index (κ1) is 14.5. The van der Waals surface area contributed by atoms with E-state index in [-0.39, 0.29) is 34.0 Å². The van der Waals surface area contributed by atoms with E-state index in [0.717, 1.165) is 12.1 Å². The summed E-state index contributed by atoms with van der Waals surface area (Å²) >= 11 is 0. The van der Waals surface area contributed by atoms with E-state index in [2.05, 4.69) is 5.32 Å². The number of allylic oxidation sites excluding steroid dienone is 2. The first-order chi connectivity index (χ1) is 11.0. The number of nitrogens with one attached hydrogen (secondary N) is 1. The van der Waals surface area contributed by atoms with Gasteiger partial charge in [-0.25, -0.2) is 4.79 Å². The first-order valence-corrected chi connectivity index (χ1v) is 6.70. The number of ketones is 2. The van der Waals surface area contributed by atoms with Gasteiger partial charge in [-0.05, 0) is 18.2 Å². The van der Waals surface area contributed by atoms with Gasteiger partial charge < -0.3 is 15.5 Å². The Kier molecular flexibility index (Phi) is 3.42. The Morgan fingerprint density at radius 3 is 2.39 bits per heavy atom. The van der Waals surface area contributed by atoms with Crippen LogP contribution in [0.5, 0.6) is 5.75 Å². The summed E-state index contributed by atoms with van der Waals surface area (Å²) in [5.74, 6) is -2.21. The normalized spacial score (nSPS) is 13.3. The molecule has 0 radical (unpaired) electrons. The summed E-state index contributed by atoms with van der Waals surface area (Å²) < 4.78 is 0. The average molecular weight is 309 g/mol. The van der Waals surface area contributed by atoms with Gasteiger partial charge in [0.15, 0.2) is 5.78 Å². The van der Waals surface area contributed by atoms with Gasteiger partial charge in [-0.1, -0.05) is 24.3 Å². The van der Waals surface area contributed by atoms with Crippen molar-refractivity contribution in [3.05, 3.63) is 70.9 Å². The van der Waals surface area contributed by atoms with Crippen LogP contribution in [0, 0.1) is 0 Å². The lowest BCUT2D eigenvalue weighted by atomic mass is 9.92. The Morgan fingerprint density at radius 2 is 1.70 bits per heavy atom. The lowest BCUT2D eigenvalue weighted by molar-refractivity contribution is 0.0697. The third-order valence-corrected chi connectivity index (χ3v) is 3.46. The van der Waals surface area contributed by atoms with Crippen molar-refractivity contribution in [1.82, 2.24) is 0 Å². The van der Waals surface area contributed by atoms with Crippen molar-refractivity contribution >= 4 is 23.2 Å². The van der Waals surface area contributed by atoms with Crippen LogP contribution in [0.1, 0.15) is 31.1 Å². The van der Waals surface area contributed by atoms with E-state index in [1.54, 1.807) is 24.3 Å². The number of benzene rings is 2. The number of phenolic OH excluding ortho intramolecular Hbond substituents is 1. The SMILES string of the molecule is O=C(O)c1cc(O)ccc1NC1=CC(=O)c2ccccc2C1=O. The van der Waals surface area contributed by atoms with Crippen molar-refractivity contribution in [3.63, 3.8) is 0 Å². The van der Waals surface area contributed by atoms with Gasteiger partial charge in [0.25, 0.3) is 0 Å². The predicted octanol–water partition coefficient (Wildman–Crippen LogP) is 2.47. The van der Waals surface area contributed by atoms with E-state index >= 15 is 0 Å². The number of fused-ring (bicyclic) bond motifs is 1. The minimum absolute atomic E-state index is 0.0121. The van der Waals surface area contributed by atoms with Gasteiger partial charge in [-0.3, -0.25) is 9.59 Å². The van der Waals surface area contributed by atoms with Crippen molar-refractivity contribution < 1.29 is 24.6 Å². The van der Waals surface area contributed by atoms with Gasteiger partial charge >= 0.3 is 5.97 Å². The number of rotatable bonds is 3. The summed E-state index contributed by atoms with van der Waals surface area (Å²) in [6.07, 6.45) is 1.14. The number of aromatic carboxylic acids is 1. The van der Waals surface area contributed by atoms with Crippen LogP contribution in [0.3, 0.4) is 0 Å². The molecule has 0 heterocycles. The highest BCUT2D eigenvalue weighted by molar-refractivity contribution is 6.25. The molecule has 3 rings (SSSR count).